The summed E-state index contributed by atoms with van der Waals surface area (Å²) in [6.07, 6.45) is 9.89. The molecule has 6 atom stereocenters. The van der Waals surface area contributed by atoms with Gasteiger partial charge in [-0.3, -0.25) is 9.59 Å². The van der Waals surface area contributed by atoms with E-state index in [1.807, 2.05) is 12.1 Å². The molecular weight excluding hydrogens is 440 g/mol. The van der Waals surface area contributed by atoms with Crippen molar-refractivity contribution in [1.82, 2.24) is 10.2 Å². The number of rotatable bonds is 8. The van der Waals surface area contributed by atoms with Crippen molar-refractivity contribution in [3.8, 4) is 11.5 Å². The molecule has 2 amide bonds. The Morgan fingerprint density at radius 2 is 1.86 bits per heavy atom. The molecule has 1 aromatic rings. The van der Waals surface area contributed by atoms with E-state index in [4.69, 9.17) is 9.47 Å². The smallest absolute Gasteiger partial charge is 0.231 e. The maximum Gasteiger partial charge on any atom is 0.231 e. The molecule has 4 bridgehead atoms. The van der Waals surface area contributed by atoms with Crippen LogP contribution in [0.2, 0.25) is 0 Å². The molecule has 6 nitrogen and oxygen atoms in total. The fourth-order valence-electron chi connectivity index (χ4n) is 8.53. The van der Waals surface area contributed by atoms with Crippen molar-refractivity contribution in [1.29, 1.82) is 0 Å². The van der Waals surface area contributed by atoms with Gasteiger partial charge in [0.1, 0.15) is 0 Å². The van der Waals surface area contributed by atoms with Gasteiger partial charge >= 0.3 is 0 Å². The molecule has 1 saturated heterocycles. The van der Waals surface area contributed by atoms with E-state index < -0.39 is 5.41 Å². The first-order valence-electron chi connectivity index (χ1n) is 13.9. The number of β-lactam (4-membered cyclic amide) rings is 1. The van der Waals surface area contributed by atoms with Gasteiger partial charge in [-0.25, -0.2) is 0 Å². The number of hydrogen-bond donors (Lipinski definition) is 1. The van der Waals surface area contributed by atoms with Crippen molar-refractivity contribution in [3.63, 3.8) is 0 Å². The van der Waals surface area contributed by atoms with Gasteiger partial charge in [-0.05, 0) is 76.2 Å². The van der Waals surface area contributed by atoms with Gasteiger partial charge in [-0.1, -0.05) is 38.3 Å². The third kappa shape index (κ3) is 3.49. The molecule has 5 fully saturated rings. The topological polar surface area (TPSA) is 67.9 Å². The molecule has 190 valence electrons. The Hall–Kier alpha value is -2.24. The van der Waals surface area contributed by atoms with Crippen molar-refractivity contribution in [3.05, 3.63) is 23.8 Å². The highest BCUT2D eigenvalue weighted by Crippen LogP contribution is 2.65. The summed E-state index contributed by atoms with van der Waals surface area (Å²) >= 11 is 0. The van der Waals surface area contributed by atoms with Gasteiger partial charge in [0.05, 0.1) is 16.9 Å². The molecule has 5 unspecified atom stereocenters. The average Bonchev–Trinajstić information content (AvgIpc) is 3.32. The summed E-state index contributed by atoms with van der Waals surface area (Å²) in [4.78, 5) is 29.2. The Bertz CT molecular complexity index is 1000. The first kappa shape index (κ1) is 23.2. The van der Waals surface area contributed by atoms with Crippen molar-refractivity contribution in [2.75, 3.05) is 13.3 Å². The highest BCUT2D eigenvalue weighted by Gasteiger charge is 2.66. The maximum atomic E-state index is 13.6. The van der Waals surface area contributed by atoms with Crippen LogP contribution in [0.5, 0.6) is 11.5 Å². The SMILES string of the molecule is CCCCCCNC(=O)C12CC3CC(C1)C(N1C(=O)C(C)(C)C1c1cccc4c1OCO4)[C@@H](C3)C2. The number of benzene rings is 1. The number of carbonyl (C=O) groups excluding carboxylic acids is 2. The van der Waals surface area contributed by atoms with Gasteiger partial charge in [-0.2, -0.15) is 0 Å². The Morgan fingerprint density at radius 1 is 1.09 bits per heavy atom. The predicted octanol–water partition coefficient (Wildman–Crippen LogP) is 5.22. The number of para-hydroxylation sites is 1. The third-order valence-electron chi connectivity index (χ3n) is 9.81. The molecule has 6 heteroatoms. The highest BCUT2D eigenvalue weighted by atomic mass is 16.7. The minimum atomic E-state index is -0.469. The molecule has 2 aliphatic heterocycles. The number of nitrogens with one attached hydrogen (secondary N) is 1. The van der Waals surface area contributed by atoms with Crippen molar-refractivity contribution in [2.24, 2.45) is 28.6 Å². The molecule has 2 heterocycles. The average molecular weight is 481 g/mol. The Kier molecular flexibility index (Phi) is 5.57. The fraction of sp³-hybridized carbons (Fsp3) is 0.724. The third-order valence-corrected chi connectivity index (χ3v) is 9.81. The van der Waals surface area contributed by atoms with Crippen molar-refractivity contribution < 1.29 is 19.1 Å². The largest absolute Gasteiger partial charge is 0.454 e. The molecule has 4 saturated carbocycles. The van der Waals surface area contributed by atoms with Crippen LogP contribution in [0.3, 0.4) is 0 Å². The molecule has 7 rings (SSSR count). The summed E-state index contributed by atoms with van der Waals surface area (Å²) < 4.78 is 11.5. The van der Waals surface area contributed by atoms with Crippen molar-refractivity contribution in [2.45, 2.75) is 90.6 Å². The lowest BCUT2D eigenvalue weighted by Crippen LogP contribution is -2.71. The predicted molar refractivity (Wildman–Crippen MR) is 133 cm³/mol. The number of amides is 2. The first-order chi connectivity index (χ1) is 16.9. The Balaban J connectivity index is 1.23. The normalized spacial score (nSPS) is 35.8. The number of nitrogens with zero attached hydrogens (tertiary/aromatic N) is 1. The number of hydrogen-bond acceptors (Lipinski definition) is 4. The molecule has 0 spiro atoms. The lowest BCUT2D eigenvalue weighted by molar-refractivity contribution is -0.199. The van der Waals surface area contributed by atoms with Crippen LogP contribution in [0, 0.1) is 28.6 Å². The van der Waals surface area contributed by atoms with E-state index in [1.54, 1.807) is 0 Å². The van der Waals surface area contributed by atoms with E-state index in [-0.39, 0.29) is 36.1 Å². The number of likely N-dealkylation sites (tertiary alicyclic amines) is 1. The molecular formula is C29H40N2O4. The second-order valence-electron chi connectivity index (χ2n) is 12.5. The zero-order valence-corrected chi connectivity index (χ0v) is 21.5. The number of fused-ring (bicyclic) bond motifs is 1. The van der Waals surface area contributed by atoms with E-state index >= 15 is 0 Å². The van der Waals surface area contributed by atoms with Gasteiger partial charge in [0.2, 0.25) is 18.6 Å². The van der Waals surface area contributed by atoms with Crippen molar-refractivity contribution >= 4 is 11.8 Å². The number of carbonyl (C=O) groups is 2. The van der Waals surface area contributed by atoms with Gasteiger partial charge in [0.15, 0.2) is 11.5 Å². The van der Waals surface area contributed by atoms with Crippen LogP contribution in [0.4, 0.5) is 0 Å². The van der Waals surface area contributed by atoms with Crippen LogP contribution in [-0.2, 0) is 9.59 Å². The maximum absolute atomic E-state index is 13.6. The van der Waals surface area contributed by atoms with Gasteiger partial charge in [0, 0.05) is 18.2 Å². The van der Waals surface area contributed by atoms with E-state index in [0.717, 1.165) is 62.1 Å². The van der Waals surface area contributed by atoms with Crippen LogP contribution in [0.1, 0.15) is 90.2 Å². The molecule has 4 aliphatic carbocycles. The fourth-order valence-corrected chi connectivity index (χ4v) is 8.53. The molecule has 1 N–H and O–H groups in total. The molecule has 0 radical (unpaired) electrons. The van der Waals surface area contributed by atoms with Crippen LogP contribution < -0.4 is 14.8 Å². The van der Waals surface area contributed by atoms with Crippen LogP contribution in [0.25, 0.3) is 0 Å². The molecule has 1 aromatic carbocycles. The second-order valence-corrected chi connectivity index (χ2v) is 12.5. The number of unbranched alkanes of at least 4 members (excludes halogenated alkanes) is 3. The monoisotopic (exact) mass is 480 g/mol. The van der Waals surface area contributed by atoms with Gasteiger partial charge < -0.3 is 19.7 Å². The quantitative estimate of drug-likeness (QED) is 0.409. The molecule has 0 aromatic heterocycles. The lowest BCUT2D eigenvalue weighted by Gasteiger charge is -2.66. The number of ether oxygens (including phenoxy) is 2. The van der Waals surface area contributed by atoms with Crippen LogP contribution >= 0.6 is 0 Å². The standard InChI is InChI=1S/C29H40N2O4/c1-4-5-6-7-11-30-26(32)29-14-18-12-19(15-29)23(20(13-18)16-29)31-25(28(2,3)27(31)33)21-9-8-10-22-24(21)35-17-34-22/h8-10,18-20,23,25H,4-7,11-17H2,1-3H3,(H,30,32)/t18?,19-,20?,23?,25?,29?/m0/s1. The second kappa shape index (κ2) is 8.41. The summed E-state index contributed by atoms with van der Waals surface area (Å²) in [6.45, 7) is 7.38. The van der Waals surface area contributed by atoms with Gasteiger partial charge in [-0.15, -0.1) is 0 Å². The summed E-state index contributed by atoms with van der Waals surface area (Å²) in [7, 11) is 0. The van der Waals surface area contributed by atoms with E-state index in [9.17, 15) is 9.59 Å². The first-order valence-corrected chi connectivity index (χ1v) is 13.9. The molecule has 35 heavy (non-hydrogen) atoms. The van der Waals surface area contributed by atoms with Crippen LogP contribution in [-0.4, -0.2) is 36.1 Å². The van der Waals surface area contributed by atoms with Gasteiger partial charge in [0.25, 0.3) is 0 Å². The zero-order valence-electron chi connectivity index (χ0n) is 21.5. The van der Waals surface area contributed by atoms with E-state index in [0.29, 0.717) is 17.8 Å². The summed E-state index contributed by atoms with van der Waals surface area (Å²) in [5.74, 6) is 3.53. The zero-order chi connectivity index (χ0) is 24.4. The Labute approximate surface area is 209 Å². The highest BCUT2D eigenvalue weighted by molar-refractivity contribution is 5.91. The summed E-state index contributed by atoms with van der Waals surface area (Å²) in [5, 5.41) is 3.31. The minimum absolute atomic E-state index is 0.0162. The molecule has 6 aliphatic rings. The minimum Gasteiger partial charge on any atom is -0.454 e. The van der Waals surface area contributed by atoms with E-state index in [1.165, 1.54) is 19.3 Å². The van der Waals surface area contributed by atoms with Crippen LogP contribution in [0.15, 0.2) is 18.2 Å². The Morgan fingerprint density at radius 3 is 2.60 bits per heavy atom. The van der Waals surface area contributed by atoms with E-state index in [2.05, 4.69) is 37.1 Å². The summed E-state index contributed by atoms with van der Waals surface area (Å²) in [5.41, 5.74) is 0.378. The lowest BCUT2D eigenvalue weighted by atomic mass is 9.46. The summed E-state index contributed by atoms with van der Waals surface area (Å²) in [6, 6.07) is 6.26.